The molecule has 2 nitrogen and oxygen atoms in total. The summed E-state index contributed by atoms with van der Waals surface area (Å²) < 4.78 is 39.5. The molecule has 76 valence electrons. The van der Waals surface area contributed by atoms with E-state index >= 15 is 0 Å². The van der Waals surface area contributed by atoms with Gasteiger partial charge < -0.3 is 10.3 Å². The van der Waals surface area contributed by atoms with E-state index in [0.29, 0.717) is 23.0 Å². The van der Waals surface area contributed by atoms with Crippen molar-refractivity contribution in [3.8, 4) is 0 Å². The number of H-pyrrole nitrogens is 1. The number of aromatic nitrogens is 1. The first-order chi connectivity index (χ1) is 9.52. The molecule has 0 atom stereocenters. The molecular formula is C13H14N2. The third-order valence-corrected chi connectivity index (χ3v) is 2.64. The molecule has 0 aliphatic carbocycles. The zero-order chi connectivity index (χ0) is 14.4. The van der Waals surface area contributed by atoms with E-state index in [1.165, 1.54) is 0 Å². The average molecular weight is 203 g/mol. The molecule has 15 heavy (non-hydrogen) atoms. The second-order valence-corrected chi connectivity index (χ2v) is 3.56. The summed E-state index contributed by atoms with van der Waals surface area (Å²) in [6, 6.07) is -0.715. The number of fused-ring (bicyclic) bond motifs is 1. The van der Waals surface area contributed by atoms with Crippen LogP contribution in [0.1, 0.15) is 18.8 Å². The van der Waals surface area contributed by atoms with Crippen LogP contribution in [0.25, 0.3) is 16.5 Å². The molecule has 0 unspecified atom stereocenters. The SMILES string of the molecule is [2H]c1[nH]c2c([2H])c([2H])c([2H])c([2H])c2c1C1=CCNCC1. The number of nitrogens with one attached hydrogen (secondary N) is 2. The van der Waals surface area contributed by atoms with Gasteiger partial charge >= 0.3 is 0 Å². The van der Waals surface area contributed by atoms with Gasteiger partial charge in [-0.15, -0.1) is 0 Å². The molecule has 2 aromatic rings. The van der Waals surface area contributed by atoms with Gasteiger partial charge in [0.2, 0.25) is 0 Å². The molecule has 0 amide bonds. The molecular weight excluding hydrogens is 184 g/mol. The van der Waals surface area contributed by atoms with Gasteiger partial charge in [-0.1, -0.05) is 24.2 Å². The van der Waals surface area contributed by atoms with Crippen LogP contribution >= 0.6 is 0 Å². The number of rotatable bonds is 1. The van der Waals surface area contributed by atoms with Crippen LogP contribution in [-0.2, 0) is 0 Å². The predicted octanol–water partition coefficient (Wildman–Crippen LogP) is 2.54. The summed E-state index contributed by atoms with van der Waals surface area (Å²) in [7, 11) is 0. The van der Waals surface area contributed by atoms with Crippen molar-refractivity contribution in [3.05, 3.63) is 42.0 Å². The van der Waals surface area contributed by atoms with E-state index in [9.17, 15) is 0 Å². The van der Waals surface area contributed by atoms with E-state index in [2.05, 4.69) is 10.3 Å². The zero-order valence-corrected chi connectivity index (χ0v) is 8.20. The maximum atomic E-state index is 8.06. The maximum Gasteiger partial charge on any atom is 0.0822 e. The highest BCUT2D eigenvalue weighted by Crippen LogP contribution is 2.27. The Morgan fingerprint density at radius 2 is 2.20 bits per heavy atom. The molecule has 2 N–H and O–H groups in total. The number of benzene rings is 1. The lowest BCUT2D eigenvalue weighted by molar-refractivity contribution is 0.739. The lowest BCUT2D eigenvalue weighted by Gasteiger charge is -2.13. The summed E-state index contributed by atoms with van der Waals surface area (Å²) in [5, 5.41) is 3.62. The van der Waals surface area contributed by atoms with Gasteiger partial charge in [-0.05, 0) is 24.6 Å². The second-order valence-electron chi connectivity index (χ2n) is 3.56. The molecule has 0 fully saturated rings. The van der Waals surface area contributed by atoms with Crippen molar-refractivity contribution in [2.24, 2.45) is 0 Å². The number of hydrogen-bond donors (Lipinski definition) is 2. The molecule has 1 aliphatic heterocycles. The fraction of sp³-hybridized carbons (Fsp3) is 0.231. The first-order valence-corrected chi connectivity index (χ1v) is 5.01. The first kappa shape index (κ1) is 4.99. The number of hydrogen-bond acceptors (Lipinski definition) is 1. The largest absolute Gasteiger partial charge is 0.361 e. The van der Waals surface area contributed by atoms with E-state index in [0.717, 1.165) is 18.5 Å². The Balaban J connectivity index is 2.38. The van der Waals surface area contributed by atoms with Crippen LogP contribution in [-0.4, -0.2) is 18.1 Å². The third kappa shape index (κ3) is 1.47. The Bertz CT molecular complexity index is 732. The molecule has 0 radical (unpaired) electrons. The lowest BCUT2D eigenvalue weighted by Crippen LogP contribution is -2.19. The fourth-order valence-corrected chi connectivity index (χ4v) is 1.87. The minimum absolute atomic E-state index is 0.0785. The van der Waals surface area contributed by atoms with Crippen molar-refractivity contribution in [1.82, 2.24) is 10.3 Å². The Morgan fingerprint density at radius 1 is 1.27 bits per heavy atom. The summed E-state index contributed by atoms with van der Waals surface area (Å²) >= 11 is 0. The highest BCUT2D eigenvalue weighted by Gasteiger charge is 2.09. The normalized spacial score (nSPS) is 21.3. The predicted molar refractivity (Wildman–Crippen MR) is 63.8 cm³/mol. The molecule has 0 bridgehead atoms. The van der Waals surface area contributed by atoms with Crippen LogP contribution in [0.15, 0.2) is 36.4 Å². The van der Waals surface area contributed by atoms with Gasteiger partial charge in [0.15, 0.2) is 0 Å². The first-order valence-electron chi connectivity index (χ1n) is 7.51. The minimum atomic E-state index is -0.269. The molecule has 2 heterocycles. The average Bonchev–Trinajstić information content (AvgIpc) is 2.81. The highest BCUT2D eigenvalue weighted by atomic mass is 14.8. The van der Waals surface area contributed by atoms with Crippen LogP contribution in [0.4, 0.5) is 0 Å². The van der Waals surface area contributed by atoms with Crippen molar-refractivity contribution in [3.63, 3.8) is 0 Å². The Morgan fingerprint density at radius 3 is 3.07 bits per heavy atom. The van der Waals surface area contributed by atoms with E-state index < -0.39 is 0 Å². The second kappa shape index (κ2) is 3.55. The molecule has 0 spiro atoms. The van der Waals surface area contributed by atoms with E-state index in [4.69, 9.17) is 6.85 Å². The quantitative estimate of drug-likeness (QED) is 0.732. The number of para-hydroxylation sites is 1. The van der Waals surface area contributed by atoms with Crippen LogP contribution in [0.2, 0.25) is 0 Å². The third-order valence-electron chi connectivity index (χ3n) is 2.64. The van der Waals surface area contributed by atoms with Gasteiger partial charge in [-0.3, -0.25) is 0 Å². The smallest absolute Gasteiger partial charge is 0.0822 e. The Kier molecular flexibility index (Phi) is 1.18. The van der Waals surface area contributed by atoms with Gasteiger partial charge in [0, 0.05) is 29.2 Å². The van der Waals surface area contributed by atoms with Crippen LogP contribution in [0, 0.1) is 0 Å². The summed E-state index contributed by atoms with van der Waals surface area (Å²) in [6.07, 6.45) is 2.88. The van der Waals surface area contributed by atoms with Crippen molar-refractivity contribution < 1.29 is 6.85 Å². The van der Waals surface area contributed by atoms with Gasteiger partial charge in [-0.25, -0.2) is 0 Å². The van der Waals surface area contributed by atoms with E-state index in [1.54, 1.807) is 0 Å². The summed E-state index contributed by atoms with van der Waals surface area (Å²) in [5.74, 6) is 0. The van der Waals surface area contributed by atoms with Gasteiger partial charge in [0.1, 0.15) is 0 Å². The van der Waals surface area contributed by atoms with Crippen molar-refractivity contribution >= 4 is 16.5 Å². The van der Waals surface area contributed by atoms with Crippen LogP contribution in [0.5, 0.6) is 0 Å². The van der Waals surface area contributed by atoms with Gasteiger partial charge in [0.05, 0.1) is 6.85 Å². The van der Waals surface area contributed by atoms with Crippen molar-refractivity contribution in [2.45, 2.75) is 6.42 Å². The summed E-state index contributed by atoms with van der Waals surface area (Å²) in [6.45, 7) is 1.52. The van der Waals surface area contributed by atoms with E-state index in [-0.39, 0.29) is 30.3 Å². The topological polar surface area (TPSA) is 27.8 Å². The molecule has 2 heteroatoms. The Hall–Kier alpha value is -1.54. The number of aromatic amines is 1. The summed E-state index contributed by atoms with van der Waals surface area (Å²) in [5.41, 5.74) is 1.88. The lowest BCUT2D eigenvalue weighted by atomic mass is 10.00. The van der Waals surface area contributed by atoms with Crippen LogP contribution in [0.3, 0.4) is 0 Å². The maximum absolute atomic E-state index is 8.06. The summed E-state index contributed by atoms with van der Waals surface area (Å²) in [4.78, 5) is 2.80. The highest BCUT2D eigenvalue weighted by molar-refractivity contribution is 5.92. The molecule has 0 saturated heterocycles. The van der Waals surface area contributed by atoms with E-state index in [1.807, 2.05) is 6.08 Å². The fourth-order valence-electron chi connectivity index (χ4n) is 1.87. The molecule has 0 saturated carbocycles. The van der Waals surface area contributed by atoms with Crippen molar-refractivity contribution in [1.29, 1.82) is 0 Å². The molecule has 1 aliphatic rings. The Labute approximate surface area is 96.0 Å². The standard InChI is InChI=1S/C13H14N2/c1-2-4-13-11(3-1)12(9-15-13)10-5-7-14-8-6-10/h1-5,9,14-15H,6-8H2/i1D,2D,3D,4D,9D. The van der Waals surface area contributed by atoms with Gasteiger partial charge in [-0.2, -0.15) is 0 Å². The molecule has 3 rings (SSSR count). The zero-order valence-electron chi connectivity index (χ0n) is 13.2. The molecule has 1 aromatic heterocycles. The van der Waals surface area contributed by atoms with Gasteiger partial charge in [0.25, 0.3) is 0 Å². The van der Waals surface area contributed by atoms with Crippen molar-refractivity contribution in [2.75, 3.05) is 13.1 Å². The monoisotopic (exact) mass is 203 g/mol. The molecule has 1 aromatic carbocycles. The minimum Gasteiger partial charge on any atom is -0.361 e. The van der Waals surface area contributed by atoms with Crippen LogP contribution < -0.4 is 5.32 Å².